The third-order valence-corrected chi connectivity index (χ3v) is 2.75. The van der Waals surface area contributed by atoms with E-state index in [9.17, 15) is 5.11 Å². The van der Waals surface area contributed by atoms with Crippen LogP contribution in [-0.4, -0.2) is 31.5 Å². The van der Waals surface area contributed by atoms with Crippen LogP contribution in [-0.2, 0) is 4.74 Å². The molecule has 0 aliphatic carbocycles. The number of nitriles is 1. The molecule has 1 atom stereocenters. The molecule has 1 unspecified atom stereocenters. The number of methoxy groups -OCH3 is 1. The largest absolute Gasteiger partial charge is 0.391 e. The number of hydrogen-bond acceptors (Lipinski definition) is 4. The highest BCUT2D eigenvalue weighted by Gasteiger charge is 2.05. The fraction of sp³-hybridized carbons (Fsp3) is 0.417. The Bertz CT molecular complexity index is 404. The van der Waals surface area contributed by atoms with Crippen LogP contribution in [0.1, 0.15) is 12.0 Å². The maximum absolute atomic E-state index is 9.46. The molecule has 0 saturated carbocycles. The third-order valence-electron chi connectivity index (χ3n) is 2.25. The molecule has 0 heterocycles. The van der Waals surface area contributed by atoms with E-state index in [1.54, 1.807) is 13.2 Å². The number of nitrogens with zero attached hydrogens (tertiary/aromatic N) is 1. The summed E-state index contributed by atoms with van der Waals surface area (Å²) in [6.45, 7) is 0.925. The van der Waals surface area contributed by atoms with Gasteiger partial charge in [-0.15, -0.1) is 0 Å². The Balaban J connectivity index is 2.50. The van der Waals surface area contributed by atoms with Gasteiger partial charge in [0.05, 0.1) is 24.0 Å². The highest BCUT2D eigenvalue weighted by molar-refractivity contribution is 9.10. The second-order valence-corrected chi connectivity index (χ2v) is 4.54. The number of rotatable bonds is 6. The molecule has 0 spiro atoms. The second-order valence-electron chi connectivity index (χ2n) is 3.63. The van der Waals surface area contributed by atoms with Crippen molar-refractivity contribution in [2.45, 2.75) is 12.5 Å². The van der Waals surface area contributed by atoms with Gasteiger partial charge < -0.3 is 15.2 Å². The second kappa shape index (κ2) is 7.28. The summed E-state index contributed by atoms with van der Waals surface area (Å²) in [6.07, 6.45) is 0.0999. The van der Waals surface area contributed by atoms with Crippen molar-refractivity contribution in [3.63, 3.8) is 0 Å². The van der Waals surface area contributed by atoms with E-state index >= 15 is 0 Å². The lowest BCUT2D eigenvalue weighted by atomic mass is 10.2. The van der Waals surface area contributed by atoms with Gasteiger partial charge in [-0.25, -0.2) is 0 Å². The summed E-state index contributed by atoms with van der Waals surface area (Å²) < 4.78 is 5.70. The van der Waals surface area contributed by atoms with Crippen LogP contribution >= 0.6 is 15.9 Å². The molecular weight excluding hydrogens is 284 g/mol. The monoisotopic (exact) mass is 298 g/mol. The Hall–Kier alpha value is -1.09. The van der Waals surface area contributed by atoms with E-state index < -0.39 is 6.10 Å². The summed E-state index contributed by atoms with van der Waals surface area (Å²) in [5.74, 6) is 0. The molecule has 5 heteroatoms. The molecule has 0 amide bonds. The van der Waals surface area contributed by atoms with E-state index in [1.165, 1.54) is 0 Å². The Morgan fingerprint density at radius 3 is 3.00 bits per heavy atom. The molecule has 92 valence electrons. The number of ether oxygens (including phenoxy) is 1. The Labute approximate surface area is 109 Å². The third kappa shape index (κ3) is 4.73. The molecule has 0 radical (unpaired) electrons. The van der Waals surface area contributed by atoms with E-state index in [0.29, 0.717) is 25.1 Å². The zero-order chi connectivity index (χ0) is 12.7. The highest BCUT2D eigenvalue weighted by Crippen LogP contribution is 2.20. The van der Waals surface area contributed by atoms with E-state index in [4.69, 9.17) is 10.00 Å². The van der Waals surface area contributed by atoms with Crippen LogP contribution in [0.25, 0.3) is 0 Å². The number of halogens is 1. The standard InChI is InChI=1S/C12H15BrN2O2/c1-17-8-11(16)4-5-15-12-3-2-10(13)6-9(12)7-14/h2-3,6,11,15-16H,4-5,8H2,1H3. The maximum atomic E-state index is 9.46. The summed E-state index contributed by atoms with van der Waals surface area (Å²) >= 11 is 3.31. The van der Waals surface area contributed by atoms with Crippen LogP contribution in [0.2, 0.25) is 0 Å². The first-order valence-electron chi connectivity index (χ1n) is 5.28. The van der Waals surface area contributed by atoms with Gasteiger partial charge >= 0.3 is 0 Å². The van der Waals surface area contributed by atoms with Crippen molar-refractivity contribution in [2.75, 3.05) is 25.6 Å². The topological polar surface area (TPSA) is 65.3 Å². The summed E-state index contributed by atoms with van der Waals surface area (Å²) in [6, 6.07) is 7.59. The van der Waals surface area contributed by atoms with Gasteiger partial charge in [0, 0.05) is 18.1 Å². The number of aliphatic hydroxyl groups excluding tert-OH is 1. The SMILES string of the molecule is COCC(O)CCNc1ccc(Br)cc1C#N. The van der Waals surface area contributed by atoms with Crippen molar-refractivity contribution in [1.82, 2.24) is 0 Å². The average molecular weight is 299 g/mol. The van der Waals surface area contributed by atoms with Crippen LogP contribution in [0.4, 0.5) is 5.69 Å². The van der Waals surface area contributed by atoms with Gasteiger partial charge in [-0.1, -0.05) is 15.9 Å². The number of nitrogens with one attached hydrogen (secondary N) is 1. The Kier molecular flexibility index (Phi) is 5.98. The minimum absolute atomic E-state index is 0.327. The minimum Gasteiger partial charge on any atom is -0.391 e. The predicted octanol–water partition coefficient (Wildman–Crippen LogP) is 2.13. The molecule has 4 nitrogen and oxygen atoms in total. The van der Waals surface area contributed by atoms with Gasteiger partial charge in [0.2, 0.25) is 0 Å². The van der Waals surface area contributed by atoms with Crippen LogP contribution in [0.3, 0.4) is 0 Å². The van der Waals surface area contributed by atoms with Gasteiger partial charge in [-0.3, -0.25) is 0 Å². The smallest absolute Gasteiger partial charge is 0.101 e. The van der Waals surface area contributed by atoms with Crippen molar-refractivity contribution in [3.8, 4) is 6.07 Å². The molecule has 1 rings (SSSR count). The molecule has 0 bridgehead atoms. The van der Waals surface area contributed by atoms with Crippen molar-refractivity contribution in [2.24, 2.45) is 0 Å². The van der Waals surface area contributed by atoms with Crippen molar-refractivity contribution < 1.29 is 9.84 Å². The lowest BCUT2D eigenvalue weighted by Gasteiger charge is -2.11. The van der Waals surface area contributed by atoms with Gasteiger partial charge in [0.15, 0.2) is 0 Å². The first-order valence-corrected chi connectivity index (χ1v) is 6.07. The first-order chi connectivity index (χ1) is 8.17. The Morgan fingerprint density at radius 2 is 2.35 bits per heavy atom. The number of aliphatic hydroxyl groups is 1. The molecule has 2 N–H and O–H groups in total. The Morgan fingerprint density at radius 1 is 1.59 bits per heavy atom. The first kappa shape index (κ1) is 14.0. The highest BCUT2D eigenvalue weighted by atomic mass is 79.9. The van der Waals surface area contributed by atoms with Crippen LogP contribution in [0.15, 0.2) is 22.7 Å². The zero-order valence-electron chi connectivity index (χ0n) is 9.61. The van der Waals surface area contributed by atoms with E-state index in [0.717, 1.165) is 10.2 Å². The fourth-order valence-corrected chi connectivity index (χ4v) is 1.77. The molecular formula is C12H15BrN2O2. The molecule has 17 heavy (non-hydrogen) atoms. The summed E-state index contributed by atoms with van der Waals surface area (Å²) in [4.78, 5) is 0. The summed E-state index contributed by atoms with van der Waals surface area (Å²) in [7, 11) is 1.55. The fourth-order valence-electron chi connectivity index (χ4n) is 1.41. The number of benzene rings is 1. The quantitative estimate of drug-likeness (QED) is 0.844. The van der Waals surface area contributed by atoms with Crippen molar-refractivity contribution in [3.05, 3.63) is 28.2 Å². The lowest BCUT2D eigenvalue weighted by molar-refractivity contribution is 0.0615. The summed E-state index contributed by atoms with van der Waals surface area (Å²) in [5, 5.41) is 21.5. The zero-order valence-corrected chi connectivity index (χ0v) is 11.2. The molecule has 0 aliphatic heterocycles. The maximum Gasteiger partial charge on any atom is 0.101 e. The predicted molar refractivity (Wildman–Crippen MR) is 69.8 cm³/mol. The van der Waals surface area contributed by atoms with Gasteiger partial charge in [0.25, 0.3) is 0 Å². The number of hydrogen-bond donors (Lipinski definition) is 2. The molecule has 1 aromatic carbocycles. The molecule has 0 aliphatic rings. The average Bonchev–Trinajstić information content (AvgIpc) is 2.31. The van der Waals surface area contributed by atoms with Crippen LogP contribution < -0.4 is 5.32 Å². The minimum atomic E-state index is -0.478. The molecule has 0 aromatic heterocycles. The number of anilines is 1. The van der Waals surface area contributed by atoms with Crippen LogP contribution in [0.5, 0.6) is 0 Å². The van der Waals surface area contributed by atoms with E-state index in [1.807, 2.05) is 12.1 Å². The molecule has 0 saturated heterocycles. The van der Waals surface area contributed by atoms with Crippen molar-refractivity contribution >= 4 is 21.6 Å². The van der Waals surface area contributed by atoms with Gasteiger partial charge in [0.1, 0.15) is 6.07 Å². The normalized spacial score (nSPS) is 11.9. The molecule has 1 aromatic rings. The van der Waals surface area contributed by atoms with Gasteiger partial charge in [-0.05, 0) is 24.6 Å². The van der Waals surface area contributed by atoms with E-state index in [2.05, 4.69) is 27.3 Å². The van der Waals surface area contributed by atoms with Gasteiger partial charge in [-0.2, -0.15) is 5.26 Å². The van der Waals surface area contributed by atoms with E-state index in [-0.39, 0.29) is 0 Å². The van der Waals surface area contributed by atoms with Crippen molar-refractivity contribution in [1.29, 1.82) is 5.26 Å². The molecule has 0 fully saturated rings. The summed E-state index contributed by atoms with van der Waals surface area (Å²) in [5.41, 5.74) is 1.36. The lowest BCUT2D eigenvalue weighted by Crippen LogP contribution is -2.18. The van der Waals surface area contributed by atoms with Crippen LogP contribution in [0, 0.1) is 11.3 Å².